The first kappa shape index (κ1) is 24.7. The molecule has 174 valence electrons. The number of hydrogen-bond donors (Lipinski definition) is 1. The van der Waals surface area contributed by atoms with Gasteiger partial charge in [-0.25, -0.2) is 9.97 Å². The maximum atomic E-state index is 12.6. The number of thioether (sulfide) groups is 1. The van der Waals surface area contributed by atoms with Gasteiger partial charge in [-0.1, -0.05) is 57.7 Å². The number of amides is 1. The Bertz CT molecular complexity index is 1070. The van der Waals surface area contributed by atoms with Gasteiger partial charge in [0.05, 0.1) is 5.69 Å². The van der Waals surface area contributed by atoms with Crippen molar-refractivity contribution in [3.05, 3.63) is 77.2 Å². The lowest BCUT2D eigenvalue weighted by atomic mass is 9.92. The van der Waals surface area contributed by atoms with E-state index in [1.54, 1.807) is 24.2 Å². The molecule has 0 aliphatic carbocycles. The molecule has 0 radical (unpaired) electrons. The topological polar surface area (TPSA) is 71.0 Å². The molecule has 0 bridgehead atoms. The number of carbonyl (C=O) groups excluding carboxylic acids is 1. The Morgan fingerprint density at radius 2 is 1.88 bits per heavy atom. The van der Waals surface area contributed by atoms with E-state index in [2.05, 4.69) is 56.0 Å². The first-order valence-corrected chi connectivity index (χ1v) is 12.2. The number of carbonyl (C=O) groups is 1. The van der Waals surface area contributed by atoms with E-state index in [4.69, 9.17) is 9.97 Å². The number of nitrogens with zero attached hydrogens (tertiary/aromatic N) is 4. The average Bonchev–Trinajstić information content (AvgIpc) is 2.81. The molecule has 3 aromatic rings. The summed E-state index contributed by atoms with van der Waals surface area (Å²) in [5.41, 5.74) is 3.64. The zero-order chi connectivity index (χ0) is 23.8. The van der Waals surface area contributed by atoms with E-state index in [9.17, 15) is 4.79 Å². The maximum absolute atomic E-state index is 12.6. The minimum atomic E-state index is -0.0971. The third-order valence-electron chi connectivity index (χ3n) is 5.14. The van der Waals surface area contributed by atoms with Crippen LogP contribution < -0.4 is 10.2 Å². The van der Waals surface area contributed by atoms with E-state index in [-0.39, 0.29) is 11.3 Å². The fourth-order valence-corrected chi connectivity index (χ4v) is 4.04. The van der Waals surface area contributed by atoms with Gasteiger partial charge in [-0.15, -0.1) is 0 Å². The van der Waals surface area contributed by atoms with Gasteiger partial charge in [0.2, 0.25) is 0 Å². The van der Waals surface area contributed by atoms with E-state index in [0.717, 1.165) is 40.8 Å². The molecule has 0 spiro atoms. The quantitative estimate of drug-likeness (QED) is 0.346. The summed E-state index contributed by atoms with van der Waals surface area (Å²) in [6.45, 7) is 10.1. The van der Waals surface area contributed by atoms with Crippen LogP contribution in [-0.2, 0) is 17.7 Å². The van der Waals surface area contributed by atoms with Crippen LogP contribution in [0, 0.1) is 0 Å². The molecule has 2 aromatic heterocycles. The van der Waals surface area contributed by atoms with Crippen LogP contribution in [0.2, 0.25) is 0 Å². The molecule has 1 amide bonds. The summed E-state index contributed by atoms with van der Waals surface area (Å²) in [4.78, 5) is 28.5. The molecule has 0 unspecified atom stereocenters. The molecule has 3 rings (SSSR count). The molecule has 6 nitrogen and oxygen atoms in total. The van der Waals surface area contributed by atoms with Crippen LogP contribution in [0.3, 0.4) is 0 Å². The summed E-state index contributed by atoms with van der Waals surface area (Å²) in [6, 6.07) is 13.6. The van der Waals surface area contributed by atoms with E-state index >= 15 is 0 Å². The number of anilines is 1. The highest BCUT2D eigenvalue weighted by atomic mass is 32.2. The summed E-state index contributed by atoms with van der Waals surface area (Å²) in [6.07, 6.45) is 4.53. The lowest BCUT2D eigenvalue weighted by Gasteiger charge is -2.23. The van der Waals surface area contributed by atoms with Crippen molar-refractivity contribution in [2.75, 3.05) is 18.5 Å². The standard InChI is InChI=1S/C26H33N5OS/c1-6-13-31(5)23-15-22(26(2,3)4)29-25(30-23)33-18-19-9-7-11-21(14-19)24(32)28-17-20-10-8-12-27-16-20/h7-12,14-16H,6,13,17-18H2,1-5H3,(H,28,32). The second-order valence-corrected chi connectivity index (χ2v) is 10.0. The number of pyridine rings is 1. The van der Waals surface area contributed by atoms with Gasteiger partial charge in [-0.05, 0) is 35.7 Å². The molecule has 0 aliphatic heterocycles. The summed E-state index contributed by atoms with van der Waals surface area (Å²) in [5, 5.41) is 3.71. The molecule has 0 atom stereocenters. The largest absolute Gasteiger partial charge is 0.360 e. The molecule has 2 heterocycles. The van der Waals surface area contributed by atoms with Gasteiger partial charge in [-0.2, -0.15) is 0 Å². The smallest absolute Gasteiger partial charge is 0.251 e. The van der Waals surface area contributed by atoms with Crippen LogP contribution in [0.5, 0.6) is 0 Å². The Labute approximate surface area is 201 Å². The van der Waals surface area contributed by atoms with E-state index in [1.165, 1.54) is 0 Å². The molecule has 0 saturated carbocycles. The number of aromatic nitrogens is 3. The van der Waals surface area contributed by atoms with Gasteiger partial charge in [0.1, 0.15) is 5.82 Å². The minimum Gasteiger partial charge on any atom is -0.360 e. The number of rotatable bonds is 9. The third kappa shape index (κ3) is 7.29. The van der Waals surface area contributed by atoms with Crippen LogP contribution >= 0.6 is 11.8 Å². The van der Waals surface area contributed by atoms with Crippen molar-refractivity contribution in [1.82, 2.24) is 20.3 Å². The summed E-state index contributed by atoms with van der Waals surface area (Å²) in [7, 11) is 2.07. The number of nitrogens with one attached hydrogen (secondary N) is 1. The van der Waals surface area contributed by atoms with Crippen LogP contribution in [0.1, 0.15) is 61.3 Å². The Morgan fingerprint density at radius 1 is 1.09 bits per heavy atom. The zero-order valence-electron chi connectivity index (χ0n) is 20.1. The van der Waals surface area contributed by atoms with E-state index in [1.807, 2.05) is 36.4 Å². The average molecular weight is 464 g/mol. The summed E-state index contributed by atoms with van der Waals surface area (Å²) >= 11 is 1.60. The van der Waals surface area contributed by atoms with Crippen molar-refractivity contribution in [3.8, 4) is 0 Å². The van der Waals surface area contributed by atoms with Crippen molar-refractivity contribution < 1.29 is 4.79 Å². The van der Waals surface area contributed by atoms with Gasteiger partial charge < -0.3 is 10.2 Å². The molecule has 0 fully saturated rings. The first-order chi connectivity index (χ1) is 15.8. The third-order valence-corrected chi connectivity index (χ3v) is 6.06. The molecule has 1 N–H and O–H groups in total. The van der Waals surface area contributed by atoms with Crippen molar-refractivity contribution >= 4 is 23.5 Å². The van der Waals surface area contributed by atoms with Crippen molar-refractivity contribution in [2.45, 2.75) is 57.0 Å². The summed E-state index contributed by atoms with van der Waals surface area (Å²) < 4.78 is 0. The predicted molar refractivity (Wildman–Crippen MR) is 136 cm³/mol. The maximum Gasteiger partial charge on any atom is 0.251 e. The summed E-state index contributed by atoms with van der Waals surface area (Å²) in [5.74, 6) is 1.54. The lowest BCUT2D eigenvalue weighted by Crippen LogP contribution is -2.23. The molecular weight excluding hydrogens is 430 g/mol. The van der Waals surface area contributed by atoms with E-state index < -0.39 is 0 Å². The fourth-order valence-electron chi connectivity index (χ4n) is 3.24. The number of hydrogen-bond acceptors (Lipinski definition) is 6. The molecule has 0 aliphatic rings. The fraction of sp³-hybridized carbons (Fsp3) is 0.385. The number of benzene rings is 1. The van der Waals surface area contributed by atoms with Gasteiger partial charge in [0, 0.05) is 55.3 Å². The normalized spacial score (nSPS) is 11.3. The van der Waals surface area contributed by atoms with Gasteiger partial charge in [0.15, 0.2) is 5.16 Å². The van der Waals surface area contributed by atoms with Crippen LogP contribution in [0.15, 0.2) is 60.0 Å². The van der Waals surface area contributed by atoms with Crippen molar-refractivity contribution in [2.24, 2.45) is 0 Å². The Kier molecular flexibility index (Phi) is 8.44. The Balaban J connectivity index is 1.70. The minimum absolute atomic E-state index is 0.0632. The van der Waals surface area contributed by atoms with Crippen molar-refractivity contribution in [3.63, 3.8) is 0 Å². The van der Waals surface area contributed by atoms with E-state index in [0.29, 0.717) is 17.9 Å². The Hall–Kier alpha value is -2.93. The molecule has 7 heteroatoms. The molecule has 33 heavy (non-hydrogen) atoms. The SMILES string of the molecule is CCCN(C)c1cc(C(C)(C)C)nc(SCc2cccc(C(=O)NCc3cccnc3)c2)n1. The molecule has 0 saturated heterocycles. The van der Waals surface area contributed by atoms with Gasteiger partial charge >= 0.3 is 0 Å². The highest BCUT2D eigenvalue weighted by molar-refractivity contribution is 7.98. The predicted octanol–water partition coefficient (Wildman–Crippen LogP) is 5.24. The zero-order valence-corrected chi connectivity index (χ0v) is 20.9. The highest BCUT2D eigenvalue weighted by Gasteiger charge is 2.19. The van der Waals surface area contributed by atoms with Crippen LogP contribution in [0.25, 0.3) is 0 Å². The molecule has 1 aromatic carbocycles. The second-order valence-electron chi connectivity index (χ2n) is 9.10. The Morgan fingerprint density at radius 3 is 2.58 bits per heavy atom. The first-order valence-electron chi connectivity index (χ1n) is 11.3. The lowest BCUT2D eigenvalue weighted by molar-refractivity contribution is 0.0951. The highest BCUT2D eigenvalue weighted by Crippen LogP contribution is 2.28. The monoisotopic (exact) mass is 463 g/mol. The van der Waals surface area contributed by atoms with Crippen LogP contribution in [-0.4, -0.2) is 34.5 Å². The van der Waals surface area contributed by atoms with Crippen molar-refractivity contribution in [1.29, 1.82) is 0 Å². The van der Waals surface area contributed by atoms with Crippen LogP contribution in [0.4, 0.5) is 5.82 Å². The second kappa shape index (κ2) is 11.3. The van der Waals surface area contributed by atoms with Gasteiger partial charge in [0.25, 0.3) is 5.91 Å². The molecular formula is C26H33N5OS. The van der Waals surface area contributed by atoms with Gasteiger partial charge in [-0.3, -0.25) is 9.78 Å².